The van der Waals surface area contributed by atoms with Crippen molar-refractivity contribution in [3.05, 3.63) is 40.3 Å². The Bertz CT molecular complexity index is 754. The molecule has 1 aromatic heterocycles. The molecule has 112 valence electrons. The van der Waals surface area contributed by atoms with Gasteiger partial charge in [0.2, 0.25) is 5.91 Å². The number of amides is 1. The summed E-state index contributed by atoms with van der Waals surface area (Å²) >= 11 is 1.41. The van der Waals surface area contributed by atoms with Gasteiger partial charge in [-0.05, 0) is 18.2 Å². The first-order chi connectivity index (χ1) is 9.88. The molecule has 8 heteroatoms. The van der Waals surface area contributed by atoms with Crippen molar-refractivity contribution in [2.75, 3.05) is 11.6 Å². The minimum absolute atomic E-state index is 0.125. The number of benzene rings is 1. The van der Waals surface area contributed by atoms with E-state index in [1.807, 2.05) is 0 Å². The lowest BCUT2D eigenvalue weighted by Crippen LogP contribution is -2.15. The van der Waals surface area contributed by atoms with E-state index >= 15 is 0 Å². The molecule has 0 fully saturated rings. The lowest BCUT2D eigenvalue weighted by Gasteiger charge is -2.06. The molecule has 1 heterocycles. The monoisotopic (exact) mass is 325 g/mol. The number of nitrogens with two attached hydrogens (primary N) is 1. The zero-order valence-corrected chi connectivity index (χ0v) is 13.0. The maximum atomic E-state index is 11.9. The number of nitrogens with one attached hydrogen (secondary N) is 1. The Balaban J connectivity index is 2.06. The van der Waals surface area contributed by atoms with Crippen LogP contribution in [0.1, 0.15) is 10.7 Å². The van der Waals surface area contributed by atoms with Crippen LogP contribution in [0.4, 0.5) is 5.69 Å². The zero-order valence-electron chi connectivity index (χ0n) is 11.4. The second-order valence-electron chi connectivity index (χ2n) is 4.46. The molecular formula is C13H15N3O3S2. The van der Waals surface area contributed by atoms with E-state index in [1.54, 1.807) is 17.5 Å². The van der Waals surface area contributed by atoms with Crippen molar-refractivity contribution in [2.45, 2.75) is 17.9 Å². The fourth-order valence-corrected chi connectivity index (χ4v) is 3.04. The Kier molecular flexibility index (Phi) is 4.71. The molecule has 0 unspecified atom stereocenters. The maximum Gasteiger partial charge on any atom is 0.230 e. The molecule has 0 aliphatic carbocycles. The van der Waals surface area contributed by atoms with E-state index in [-0.39, 0.29) is 17.2 Å². The zero-order chi connectivity index (χ0) is 15.5. The number of hydrogen-bond acceptors (Lipinski definition) is 6. The van der Waals surface area contributed by atoms with Crippen molar-refractivity contribution in [1.82, 2.24) is 4.98 Å². The number of carbonyl (C=O) groups is 1. The number of carbonyl (C=O) groups excluding carboxylic acids is 1. The third kappa shape index (κ3) is 4.35. The predicted molar refractivity (Wildman–Crippen MR) is 81.9 cm³/mol. The van der Waals surface area contributed by atoms with Crippen molar-refractivity contribution in [3.8, 4) is 0 Å². The molecule has 1 amide bonds. The van der Waals surface area contributed by atoms with E-state index in [4.69, 9.17) is 5.73 Å². The largest absolute Gasteiger partial charge is 0.326 e. The fourth-order valence-electron chi connectivity index (χ4n) is 1.70. The molecule has 0 spiro atoms. The van der Waals surface area contributed by atoms with Crippen LogP contribution in [-0.4, -0.2) is 25.6 Å². The molecule has 0 saturated heterocycles. The minimum atomic E-state index is -3.30. The van der Waals surface area contributed by atoms with Crippen LogP contribution in [0.3, 0.4) is 0 Å². The van der Waals surface area contributed by atoms with Gasteiger partial charge in [0.15, 0.2) is 9.84 Å². The van der Waals surface area contributed by atoms with E-state index in [9.17, 15) is 13.2 Å². The van der Waals surface area contributed by atoms with Gasteiger partial charge in [-0.1, -0.05) is 6.07 Å². The van der Waals surface area contributed by atoms with Crippen LogP contribution < -0.4 is 11.1 Å². The van der Waals surface area contributed by atoms with Crippen LogP contribution >= 0.6 is 11.3 Å². The summed E-state index contributed by atoms with van der Waals surface area (Å²) in [6.07, 6.45) is 1.25. The van der Waals surface area contributed by atoms with Gasteiger partial charge in [-0.2, -0.15) is 0 Å². The van der Waals surface area contributed by atoms with E-state index < -0.39 is 9.84 Å². The second-order valence-corrected chi connectivity index (χ2v) is 7.42. The normalized spacial score (nSPS) is 11.3. The number of sulfone groups is 1. The molecule has 0 saturated carbocycles. The van der Waals surface area contributed by atoms with Gasteiger partial charge in [-0.15, -0.1) is 11.3 Å². The van der Waals surface area contributed by atoms with Crippen LogP contribution in [0.25, 0.3) is 0 Å². The Morgan fingerprint density at radius 3 is 2.81 bits per heavy atom. The Labute approximate surface area is 126 Å². The molecule has 0 radical (unpaired) electrons. The van der Waals surface area contributed by atoms with Crippen LogP contribution in [0.5, 0.6) is 0 Å². The summed E-state index contributed by atoms with van der Waals surface area (Å²) in [7, 11) is -3.30. The van der Waals surface area contributed by atoms with Crippen LogP contribution in [-0.2, 0) is 27.6 Å². The van der Waals surface area contributed by atoms with Crippen LogP contribution in [0.2, 0.25) is 0 Å². The van der Waals surface area contributed by atoms with Gasteiger partial charge < -0.3 is 11.1 Å². The molecule has 0 bridgehead atoms. The highest BCUT2D eigenvalue weighted by Gasteiger charge is 2.10. The number of thiazole rings is 1. The van der Waals surface area contributed by atoms with Gasteiger partial charge >= 0.3 is 0 Å². The van der Waals surface area contributed by atoms with Gasteiger partial charge in [0.05, 0.1) is 17.0 Å². The van der Waals surface area contributed by atoms with Gasteiger partial charge in [0.25, 0.3) is 0 Å². The van der Waals surface area contributed by atoms with Crippen LogP contribution in [0.15, 0.2) is 34.5 Å². The highest BCUT2D eigenvalue weighted by molar-refractivity contribution is 7.90. The summed E-state index contributed by atoms with van der Waals surface area (Å²) in [5.41, 5.74) is 6.56. The Morgan fingerprint density at radius 1 is 1.43 bits per heavy atom. The molecule has 0 aliphatic rings. The molecule has 1 aromatic carbocycles. The van der Waals surface area contributed by atoms with E-state index in [0.717, 1.165) is 11.3 Å². The number of rotatable bonds is 5. The number of aromatic nitrogens is 1. The third-order valence-electron chi connectivity index (χ3n) is 2.66. The lowest BCUT2D eigenvalue weighted by molar-refractivity contribution is -0.115. The summed E-state index contributed by atoms with van der Waals surface area (Å²) < 4.78 is 22.9. The molecule has 2 aromatic rings. The molecule has 21 heavy (non-hydrogen) atoms. The number of nitrogens with zero attached hydrogens (tertiary/aromatic N) is 1. The highest BCUT2D eigenvalue weighted by atomic mass is 32.2. The Morgan fingerprint density at radius 2 is 2.19 bits per heavy atom. The second kappa shape index (κ2) is 6.33. The first kappa shape index (κ1) is 15.6. The number of anilines is 1. The Hall–Kier alpha value is -1.77. The predicted octanol–water partition coefficient (Wildman–Crippen LogP) is 1.19. The smallest absolute Gasteiger partial charge is 0.230 e. The summed E-state index contributed by atoms with van der Waals surface area (Å²) in [4.78, 5) is 16.3. The minimum Gasteiger partial charge on any atom is -0.326 e. The maximum absolute atomic E-state index is 11.9. The van der Waals surface area contributed by atoms with E-state index in [0.29, 0.717) is 17.9 Å². The third-order valence-corrected chi connectivity index (χ3v) is 4.69. The lowest BCUT2D eigenvalue weighted by atomic mass is 10.3. The number of hydrogen-bond donors (Lipinski definition) is 2. The summed E-state index contributed by atoms with van der Waals surface area (Å²) in [5.74, 6) is -0.255. The average molecular weight is 325 g/mol. The SMILES string of the molecule is CS(=O)(=O)c1cccc(NC(=O)Cc2csc(CN)n2)c1. The van der Waals surface area contributed by atoms with E-state index in [1.165, 1.54) is 23.5 Å². The highest BCUT2D eigenvalue weighted by Crippen LogP contribution is 2.16. The van der Waals surface area contributed by atoms with Crippen molar-refractivity contribution in [3.63, 3.8) is 0 Å². The topological polar surface area (TPSA) is 102 Å². The first-order valence-electron chi connectivity index (χ1n) is 6.12. The van der Waals surface area contributed by atoms with Gasteiger partial charge in [-0.25, -0.2) is 13.4 Å². The fraction of sp³-hybridized carbons (Fsp3) is 0.231. The average Bonchev–Trinajstić information content (AvgIpc) is 2.85. The first-order valence-corrected chi connectivity index (χ1v) is 8.89. The van der Waals surface area contributed by atoms with Crippen molar-refractivity contribution in [2.24, 2.45) is 5.73 Å². The molecule has 6 nitrogen and oxygen atoms in total. The molecule has 2 rings (SSSR count). The molecule has 0 atom stereocenters. The van der Waals surface area contributed by atoms with Crippen molar-refractivity contribution in [1.29, 1.82) is 0 Å². The summed E-state index contributed by atoms with van der Waals surface area (Å²) in [6, 6.07) is 6.14. The molecular weight excluding hydrogens is 310 g/mol. The summed E-state index contributed by atoms with van der Waals surface area (Å²) in [5, 5.41) is 5.22. The van der Waals surface area contributed by atoms with Gasteiger partial charge in [0, 0.05) is 23.9 Å². The standard InChI is InChI=1S/C13H15N3O3S2/c1-21(18,19)11-4-2-3-9(5-11)15-12(17)6-10-8-20-13(7-14)16-10/h2-5,8H,6-7,14H2,1H3,(H,15,17). The molecule has 0 aliphatic heterocycles. The van der Waals surface area contributed by atoms with Crippen LogP contribution in [0, 0.1) is 0 Å². The summed E-state index contributed by atoms with van der Waals surface area (Å²) in [6.45, 7) is 0.350. The van der Waals surface area contributed by atoms with Gasteiger partial charge in [-0.3, -0.25) is 4.79 Å². The quantitative estimate of drug-likeness (QED) is 0.859. The van der Waals surface area contributed by atoms with Crippen molar-refractivity contribution < 1.29 is 13.2 Å². The van der Waals surface area contributed by atoms with Gasteiger partial charge in [0.1, 0.15) is 5.01 Å². The van der Waals surface area contributed by atoms with E-state index in [2.05, 4.69) is 10.3 Å². The van der Waals surface area contributed by atoms with Crippen molar-refractivity contribution >= 4 is 32.8 Å². The molecule has 3 N–H and O–H groups in total.